The molecule has 5 heteroatoms. The summed E-state index contributed by atoms with van der Waals surface area (Å²) in [5.74, 6) is 9.11. The number of aromatic nitrogens is 2. The highest BCUT2D eigenvalue weighted by atomic mass is 15.3. The predicted octanol–water partition coefficient (Wildman–Crippen LogP) is 2.90. The molecule has 1 aromatic heterocycles. The van der Waals surface area contributed by atoms with Crippen molar-refractivity contribution in [1.29, 1.82) is 0 Å². The van der Waals surface area contributed by atoms with Gasteiger partial charge in [-0.15, -0.1) is 0 Å². The second-order valence-electron chi connectivity index (χ2n) is 6.38. The Balaban J connectivity index is 2.24. The highest BCUT2D eigenvalue weighted by Gasteiger charge is 2.30. The van der Waals surface area contributed by atoms with E-state index in [9.17, 15) is 0 Å². The zero-order valence-corrected chi connectivity index (χ0v) is 13.1. The lowest BCUT2D eigenvalue weighted by Gasteiger charge is -2.25. The molecule has 1 aromatic rings. The minimum absolute atomic E-state index is 0.299. The van der Waals surface area contributed by atoms with Gasteiger partial charge in [0.2, 0.25) is 0 Å². The van der Waals surface area contributed by atoms with Gasteiger partial charge in [0.15, 0.2) is 0 Å². The van der Waals surface area contributed by atoms with Crippen molar-refractivity contribution in [3.05, 3.63) is 11.9 Å². The van der Waals surface area contributed by atoms with E-state index >= 15 is 0 Å². The van der Waals surface area contributed by atoms with E-state index in [2.05, 4.69) is 43.0 Å². The highest BCUT2D eigenvalue weighted by molar-refractivity contribution is 5.50. The van der Waals surface area contributed by atoms with E-state index in [0.29, 0.717) is 23.7 Å². The topological polar surface area (TPSA) is 67.1 Å². The first-order valence-corrected chi connectivity index (χ1v) is 7.63. The average molecular weight is 277 g/mol. The van der Waals surface area contributed by atoms with Crippen molar-refractivity contribution in [2.45, 2.75) is 58.9 Å². The molecule has 5 nitrogen and oxygen atoms in total. The van der Waals surface area contributed by atoms with Crippen molar-refractivity contribution in [3.63, 3.8) is 0 Å². The van der Waals surface area contributed by atoms with Crippen molar-refractivity contribution in [2.24, 2.45) is 11.8 Å². The fourth-order valence-corrected chi connectivity index (χ4v) is 2.20. The summed E-state index contributed by atoms with van der Waals surface area (Å²) in [5, 5.41) is 0. The van der Waals surface area contributed by atoms with E-state index in [1.54, 1.807) is 0 Å². The Bertz CT molecular complexity index is 440. The molecule has 0 saturated heterocycles. The van der Waals surface area contributed by atoms with Crippen molar-refractivity contribution >= 4 is 11.6 Å². The average Bonchev–Trinajstić information content (AvgIpc) is 3.22. The van der Waals surface area contributed by atoms with Crippen molar-refractivity contribution in [1.82, 2.24) is 9.97 Å². The molecule has 2 rings (SSSR count). The van der Waals surface area contributed by atoms with Gasteiger partial charge in [0.25, 0.3) is 0 Å². The van der Waals surface area contributed by atoms with Gasteiger partial charge in [0.1, 0.15) is 17.5 Å². The first-order chi connectivity index (χ1) is 9.51. The van der Waals surface area contributed by atoms with E-state index in [4.69, 9.17) is 10.8 Å². The third-order valence-corrected chi connectivity index (χ3v) is 3.62. The third-order valence-electron chi connectivity index (χ3n) is 3.62. The van der Waals surface area contributed by atoms with Gasteiger partial charge in [-0.2, -0.15) is 0 Å². The molecule has 20 heavy (non-hydrogen) atoms. The van der Waals surface area contributed by atoms with Gasteiger partial charge in [-0.25, -0.2) is 15.8 Å². The Morgan fingerprint density at radius 3 is 2.50 bits per heavy atom. The molecular weight excluding hydrogens is 250 g/mol. The van der Waals surface area contributed by atoms with Gasteiger partial charge >= 0.3 is 0 Å². The highest BCUT2D eigenvalue weighted by Crippen LogP contribution is 2.32. The standard InChI is InChI=1S/C15H27N5/c1-10(2)7-8-20(12-5-6-12)14-9-13(19-16)17-15(18-14)11(3)4/h9-12H,5-8,16H2,1-4H3,(H,17,18,19). The smallest absolute Gasteiger partial charge is 0.145 e. The van der Waals surface area contributed by atoms with Crippen LogP contribution in [0.2, 0.25) is 0 Å². The minimum Gasteiger partial charge on any atom is -0.353 e. The number of anilines is 2. The second kappa shape index (κ2) is 6.39. The number of nitrogens with one attached hydrogen (secondary N) is 1. The molecule has 0 atom stereocenters. The lowest BCUT2D eigenvalue weighted by atomic mass is 10.1. The lowest BCUT2D eigenvalue weighted by molar-refractivity contribution is 0.567. The Morgan fingerprint density at radius 2 is 2.00 bits per heavy atom. The SMILES string of the molecule is CC(C)CCN(c1cc(NN)nc(C(C)C)n1)C1CC1. The van der Waals surface area contributed by atoms with Crippen LogP contribution in [0.1, 0.15) is 58.7 Å². The number of hydrogen-bond acceptors (Lipinski definition) is 5. The van der Waals surface area contributed by atoms with Gasteiger partial charge in [-0.3, -0.25) is 0 Å². The Kier molecular flexibility index (Phi) is 4.81. The third kappa shape index (κ3) is 3.82. The fourth-order valence-electron chi connectivity index (χ4n) is 2.20. The van der Waals surface area contributed by atoms with Crippen LogP contribution in [0.15, 0.2) is 6.07 Å². The number of nitrogens with zero attached hydrogens (tertiary/aromatic N) is 3. The van der Waals surface area contributed by atoms with Gasteiger partial charge in [0.05, 0.1) is 0 Å². The van der Waals surface area contributed by atoms with E-state index in [1.165, 1.54) is 19.3 Å². The lowest BCUT2D eigenvalue weighted by Crippen LogP contribution is -2.29. The normalized spacial score (nSPS) is 14.9. The van der Waals surface area contributed by atoms with Crippen LogP contribution in [0.5, 0.6) is 0 Å². The van der Waals surface area contributed by atoms with Crippen molar-refractivity contribution in [2.75, 3.05) is 16.9 Å². The van der Waals surface area contributed by atoms with E-state index < -0.39 is 0 Å². The molecule has 0 aromatic carbocycles. The van der Waals surface area contributed by atoms with E-state index in [1.807, 2.05) is 6.07 Å². The molecule has 1 heterocycles. The molecule has 1 fully saturated rings. The molecule has 0 bridgehead atoms. The van der Waals surface area contributed by atoms with Crippen LogP contribution in [0.3, 0.4) is 0 Å². The van der Waals surface area contributed by atoms with Crippen LogP contribution in [0.25, 0.3) is 0 Å². The van der Waals surface area contributed by atoms with Crippen molar-refractivity contribution < 1.29 is 0 Å². The zero-order valence-electron chi connectivity index (χ0n) is 13.1. The first kappa shape index (κ1) is 15.0. The minimum atomic E-state index is 0.299. The van der Waals surface area contributed by atoms with Gasteiger partial charge < -0.3 is 10.3 Å². The fraction of sp³-hybridized carbons (Fsp3) is 0.733. The molecule has 1 aliphatic carbocycles. The van der Waals surface area contributed by atoms with Crippen LogP contribution in [0.4, 0.5) is 11.6 Å². The Hall–Kier alpha value is -1.36. The molecule has 0 radical (unpaired) electrons. The number of hydrazine groups is 1. The van der Waals surface area contributed by atoms with Crippen LogP contribution < -0.4 is 16.2 Å². The molecule has 0 amide bonds. The first-order valence-electron chi connectivity index (χ1n) is 7.63. The number of nitrogen functional groups attached to an aromatic ring is 1. The van der Waals surface area contributed by atoms with Crippen LogP contribution >= 0.6 is 0 Å². The molecule has 3 N–H and O–H groups in total. The zero-order chi connectivity index (χ0) is 14.7. The van der Waals surface area contributed by atoms with Crippen LogP contribution in [-0.4, -0.2) is 22.6 Å². The molecule has 1 aliphatic rings. The molecule has 112 valence electrons. The Morgan fingerprint density at radius 1 is 1.30 bits per heavy atom. The maximum absolute atomic E-state index is 5.54. The summed E-state index contributed by atoms with van der Waals surface area (Å²) in [6.07, 6.45) is 3.72. The summed E-state index contributed by atoms with van der Waals surface area (Å²) in [6.45, 7) is 9.79. The van der Waals surface area contributed by atoms with E-state index in [-0.39, 0.29) is 0 Å². The molecule has 0 unspecified atom stereocenters. The maximum atomic E-state index is 5.54. The molecule has 0 spiro atoms. The second-order valence-corrected chi connectivity index (χ2v) is 6.38. The van der Waals surface area contributed by atoms with Gasteiger partial charge in [0, 0.05) is 24.6 Å². The van der Waals surface area contributed by atoms with Crippen LogP contribution in [-0.2, 0) is 0 Å². The predicted molar refractivity (Wildman–Crippen MR) is 83.8 cm³/mol. The number of nitrogens with two attached hydrogens (primary N) is 1. The summed E-state index contributed by atoms with van der Waals surface area (Å²) in [4.78, 5) is 11.6. The summed E-state index contributed by atoms with van der Waals surface area (Å²) >= 11 is 0. The summed E-state index contributed by atoms with van der Waals surface area (Å²) in [5.41, 5.74) is 2.66. The summed E-state index contributed by atoms with van der Waals surface area (Å²) in [7, 11) is 0. The van der Waals surface area contributed by atoms with Gasteiger partial charge in [-0.05, 0) is 25.2 Å². The summed E-state index contributed by atoms with van der Waals surface area (Å²) in [6, 6.07) is 2.61. The van der Waals surface area contributed by atoms with Gasteiger partial charge in [-0.1, -0.05) is 27.7 Å². The summed E-state index contributed by atoms with van der Waals surface area (Å²) < 4.78 is 0. The number of hydrogen-bond donors (Lipinski definition) is 2. The molecule has 1 saturated carbocycles. The maximum Gasteiger partial charge on any atom is 0.145 e. The molecule has 0 aliphatic heterocycles. The largest absolute Gasteiger partial charge is 0.353 e. The van der Waals surface area contributed by atoms with Crippen molar-refractivity contribution in [3.8, 4) is 0 Å². The van der Waals surface area contributed by atoms with E-state index in [0.717, 1.165) is 18.2 Å². The Labute approximate surface area is 121 Å². The van der Waals surface area contributed by atoms with Crippen LogP contribution in [0, 0.1) is 5.92 Å². The monoisotopic (exact) mass is 277 g/mol. The quantitative estimate of drug-likeness (QED) is 0.592. The number of rotatable bonds is 7. The molecular formula is C15H27N5.